The molecule has 0 bridgehead atoms. The summed E-state index contributed by atoms with van der Waals surface area (Å²) in [4.78, 5) is 25.1. The highest BCUT2D eigenvalue weighted by Gasteiger charge is 2.39. The summed E-state index contributed by atoms with van der Waals surface area (Å²) in [6.45, 7) is 6.47. The Morgan fingerprint density at radius 2 is 1.60 bits per heavy atom. The first-order chi connectivity index (χ1) is 20.9. The highest BCUT2D eigenvalue weighted by Crippen LogP contribution is 2.42. The second-order valence-electron chi connectivity index (χ2n) is 11.2. The average Bonchev–Trinajstić information content (AvgIpc) is 3.04. The Morgan fingerprint density at radius 1 is 0.884 bits per heavy atom. The third-order valence-electron chi connectivity index (χ3n) is 8.14. The van der Waals surface area contributed by atoms with E-state index < -0.39 is 12.3 Å². The monoisotopic (exact) mass is 588 g/mol. The predicted octanol–water partition coefficient (Wildman–Crippen LogP) is 4.45. The fourth-order valence-electron chi connectivity index (χ4n) is 5.60. The zero-order valence-electron chi connectivity index (χ0n) is 24.5. The Labute approximate surface area is 252 Å². The van der Waals surface area contributed by atoms with E-state index in [4.69, 9.17) is 19.3 Å². The van der Waals surface area contributed by atoms with Gasteiger partial charge in [-0.25, -0.2) is 0 Å². The first-order valence-electron chi connectivity index (χ1n) is 14.9. The van der Waals surface area contributed by atoms with Crippen molar-refractivity contribution >= 4 is 11.9 Å². The number of aliphatic carboxylic acids is 1. The third kappa shape index (κ3) is 8.28. The maximum atomic E-state index is 12.0. The first-order valence-corrected chi connectivity index (χ1v) is 14.9. The molecule has 228 valence electrons. The highest BCUT2D eigenvalue weighted by molar-refractivity contribution is 5.80. The van der Waals surface area contributed by atoms with Crippen molar-refractivity contribution in [2.24, 2.45) is 5.92 Å². The van der Waals surface area contributed by atoms with Crippen LogP contribution >= 0.6 is 0 Å². The van der Waals surface area contributed by atoms with E-state index in [9.17, 15) is 14.7 Å². The molecule has 2 saturated heterocycles. The number of nitrogens with one attached hydrogen (secondary N) is 1. The Balaban J connectivity index is 1.35. The lowest BCUT2D eigenvalue weighted by atomic mass is 9.89. The van der Waals surface area contributed by atoms with E-state index in [2.05, 4.69) is 23.2 Å². The summed E-state index contributed by atoms with van der Waals surface area (Å²) in [6, 6.07) is 24.0. The van der Waals surface area contributed by atoms with Crippen molar-refractivity contribution in [3.8, 4) is 11.1 Å². The normalized spacial score (nSPS) is 22.7. The minimum absolute atomic E-state index is 0.00215. The van der Waals surface area contributed by atoms with Crippen LogP contribution in [0.5, 0.6) is 0 Å². The van der Waals surface area contributed by atoms with Gasteiger partial charge in [0, 0.05) is 44.1 Å². The van der Waals surface area contributed by atoms with Crippen molar-refractivity contribution in [3.05, 3.63) is 95.1 Å². The minimum atomic E-state index is -0.990. The molecule has 2 fully saturated rings. The molecule has 4 atom stereocenters. The van der Waals surface area contributed by atoms with Crippen molar-refractivity contribution < 1.29 is 34.0 Å². The lowest BCUT2D eigenvalue weighted by Gasteiger charge is -2.43. The Hall–Kier alpha value is -3.60. The van der Waals surface area contributed by atoms with Crippen LogP contribution in [0.3, 0.4) is 0 Å². The number of ether oxygens (including phenoxy) is 3. The summed E-state index contributed by atoms with van der Waals surface area (Å²) < 4.78 is 18.9. The number of rotatable bonds is 11. The van der Waals surface area contributed by atoms with Gasteiger partial charge in [-0.3, -0.25) is 14.5 Å². The number of carboxylic acids is 1. The molecule has 0 saturated carbocycles. The van der Waals surface area contributed by atoms with Gasteiger partial charge in [-0.05, 0) is 39.9 Å². The number of aliphatic hydroxyl groups excluding tert-OH is 1. The molecule has 0 aromatic heterocycles. The molecule has 0 aliphatic carbocycles. The van der Waals surface area contributed by atoms with E-state index in [1.54, 1.807) is 0 Å². The lowest BCUT2D eigenvalue weighted by molar-refractivity contribution is -0.277. The van der Waals surface area contributed by atoms with Crippen molar-refractivity contribution in [1.82, 2.24) is 10.2 Å². The van der Waals surface area contributed by atoms with E-state index in [1.165, 1.54) is 0 Å². The van der Waals surface area contributed by atoms with Crippen LogP contribution < -0.4 is 5.32 Å². The summed E-state index contributed by atoms with van der Waals surface area (Å²) in [7, 11) is 0. The first kappa shape index (κ1) is 30.8. The lowest BCUT2D eigenvalue weighted by Crippen LogP contribution is -2.47. The molecular formula is C34H40N2O7. The Bertz CT molecular complexity index is 1370. The van der Waals surface area contributed by atoms with Crippen LogP contribution in [0.4, 0.5) is 0 Å². The van der Waals surface area contributed by atoms with Gasteiger partial charge >= 0.3 is 5.97 Å². The highest BCUT2D eigenvalue weighted by atomic mass is 16.7. The van der Waals surface area contributed by atoms with Gasteiger partial charge in [-0.2, -0.15) is 0 Å². The molecule has 3 aromatic rings. The largest absolute Gasteiger partial charge is 0.481 e. The molecule has 2 heterocycles. The number of morpholine rings is 1. The van der Waals surface area contributed by atoms with Crippen LogP contribution in [-0.2, 0) is 37.0 Å². The number of aliphatic hydroxyl groups is 1. The molecule has 2 aliphatic heterocycles. The number of benzene rings is 3. The van der Waals surface area contributed by atoms with E-state index in [-0.39, 0.29) is 43.5 Å². The van der Waals surface area contributed by atoms with E-state index in [0.717, 1.165) is 66.2 Å². The number of carbonyl (C=O) groups excluding carboxylic acids is 1. The number of hydrogen-bond acceptors (Lipinski definition) is 7. The minimum Gasteiger partial charge on any atom is -0.481 e. The van der Waals surface area contributed by atoms with Gasteiger partial charge < -0.3 is 29.7 Å². The Morgan fingerprint density at radius 3 is 2.33 bits per heavy atom. The van der Waals surface area contributed by atoms with E-state index in [0.29, 0.717) is 6.54 Å². The molecular weight excluding hydrogens is 548 g/mol. The molecule has 4 unspecified atom stereocenters. The van der Waals surface area contributed by atoms with Crippen molar-refractivity contribution in [3.63, 3.8) is 0 Å². The number of amides is 1. The Kier molecular flexibility index (Phi) is 10.6. The van der Waals surface area contributed by atoms with Gasteiger partial charge in [0.25, 0.3) is 0 Å². The van der Waals surface area contributed by atoms with Gasteiger partial charge in [0.1, 0.15) is 0 Å². The van der Waals surface area contributed by atoms with Gasteiger partial charge in [-0.1, -0.05) is 67.6 Å². The zero-order chi connectivity index (χ0) is 30.2. The van der Waals surface area contributed by atoms with E-state index >= 15 is 0 Å². The molecule has 0 spiro atoms. The standard InChI is InChI=1S/C34H40N2O7/c1-23-30(21-36-14-16-41-17-15-36)42-34(43-33(23)26-10-8-24(22-37)9-11-26)29-7-3-6-28(19-29)27-5-2-4-25(18-27)20-35-31(38)12-13-32(39)40/h2-11,18-19,23,30,33-34,37H,12-17,20-22H2,1H3,(H,35,38)(H,39,40). The van der Waals surface area contributed by atoms with Crippen LogP contribution in [0.1, 0.15) is 54.4 Å². The van der Waals surface area contributed by atoms with Crippen molar-refractivity contribution in [2.75, 3.05) is 32.8 Å². The number of carboxylic acid groups (broad SMARTS) is 1. The van der Waals surface area contributed by atoms with Crippen LogP contribution in [0.2, 0.25) is 0 Å². The number of hydrogen-bond donors (Lipinski definition) is 3. The predicted molar refractivity (Wildman–Crippen MR) is 161 cm³/mol. The fraction of sp³-hybridized carbons (Fsp3) is 0.412. The summed E-state index contributed by atoms with van der Waals surface area (Å²) in [5.74, 6) is -1.18. The van der Waals surface area contributed by atoms with E-state index in [1.807, 2.05) is 66.7 Å². The second kappa shape index (κ2) is 14.7. The summed E-state index contributed by atoms with van der Waals surface area (Å²) in [5.41, 5.74) is 5.74. The molecule has 0 radical (unpaired) electrons. The van der Waals surface area contributed by atoms with Gasteiger partial charge in [0.2, 0.25) is 5.91 Å². The van der Waals surface area contributed by atoms with Crippen LogP contribution in [0, 0.1) is 5.92 Å². The second-order valence-corrected chi connectivity index (χ2v) is 11.2. The molecule has 9 nitrogen and oxygen atoms in total. The van der Waals surface area contributed by atoms with Crippen LogP contribution in [0.25, 0.3) is 11.1 Å². The molecule has 3 aromatic carbocycles. The van der Waals surface area contributed by atoms with Crippen molar-refractivity contribution in [1.29, 1.82) is 0 Å². The number of carbonyl (C=O) groups is 2. The third-order valence-corrected chi connectivity index (χ3v) is 8.14. The molecule has 1 amide bonds. The van der Waals surface area contributed by atoms with Gasteiger partial charge in [0.05, 0.1) is 38.4 Å². The number of nitrogens with zero attached hydrogens (tertiary/aromatic N) is 1. The van der Waals surface area contributed by atoms with Crippen LogP contribution in [0.15, 0.2) is 72.8 Å². The summed E-state index contributed by atoms with van der Waals surface area (Å²) >= 11 is 0. The van der Waals surface area contributed by atoms with Crippen LogP contribution in [-0.4, -0.2) is 65.9 Å². The maximum absolute atomic E-state index is 12.0. The molecule has 9 heteroatoms. The SMILES string of the molecule is CC1C(CN2CCOCC2)OC(c2cccc(-c3cccc(CNC(=O)CCC(=O)O)c3)c2)OC1c1ccc(CO)cc1. The molecule has 2 aliphatic rings. The average molecular weight is 589 g/mol. The quantitative estimate of drug-likeness (QED) is 0.301. The van der Waals surface area contributed by atoms with Gasteiger partial charge in [-0.15, -0.1) is 0 Å². The maximum Gasteiger partial charge on any atom is 0.303 e. The summed E-state index contributed by atoms with van der Waals surface area (Å²) in [5, 5.41) is 21.1. The zero-order valence-corrected chi connectivity index (χ0v) is 24.5. The topological polar surface area (TPSA) is 118 Å². The van der Waals surface area contributed by atoms with Gasteiger partial charge in [0.15, 0.2) is 6.29 Å². The molecule has 3 N–H and O–H groups in total. The fourth-order valence-corrected chi connectivity index (χ4v) is 5.60. The van der Waals surface area contributed by atoms with Crippen molar-refractivity contribution in [2.45, 2.75) is 51.4 Å². The molecule has 5 rings (SSSR count). The summed E-state index contributed by atoms with van der Waals surface area (Å²) in [6.07, 6.45) is -1.05. The smallest absolute Gasteiger partial charge is 0.303 e. The molecule has 43 heavy (non-hydrogen) atoms.